The van der Waals surface area contributed by atoms with Crippen LogP contribution >= 0.6 is 0 Å². The van der Waals surface area contributed by atoms with Crippen molar-refractivity contribution in [2.75, 3.05) is 0 Å². The van der Waals surface area contributed by atoms with Crippen molar-refractivity contribution < 1.29 is 35.7 Å². The Morgan fingerprint density at radius 3 is 2.19 bits per heavy atom. The van der Waals surface area contributed by atoms with Crippen LogP contribution in [0.3, 0.4) is 0 Å². The second-order valence-corrected chi connectivity index (χ2v) is 13.6. The summed E-state index contributed by atoms with van der Waals surface area (Å²) in [5.41, 5.74) is 0.892. The van der Waals surface area contributed by atoms with Gasteiger partial charge in [0.05, 0.1) is 21.3 Å². The number of hydrogen-bond donors (Lipinski definition) is 1. The second-order valence-electron chi connectivity index (χ2n) is 11.7. The molecule has 0 radical (unpaired) electrons. The van der Waals surface area contributed by atoms with Gasteiger partial charge in [0.1, 0.15) is 17.3 Å². The van der Waals surface area contributed by atoms with Crippen LogP contribution in [0.15, 0.2) is 72.8 Å². The minimum atomic E-state index is -4.85. The first-order valence-corrected chi connectivity index (χ1v) is 15.3. The van der Waals surface area contributed by atoms with Gasteiger partial charge in [-0.25, -0.2) is 13.3 Å². The number of hydrogen-bond acceptors (Lipinski definition) is 3. The highest BCUT2D eigenvalue weighted by molar-refractivity contribution is 7.84. The maximum atomic E-state index is 15.1. The van der Waals surface area contributed by atoms with Crippen molar-refractivity contribution in [3.8, 4) is 5.75 Å². The summed E-state index contributed by atoms with van der Waals surface area (Å²) in [6, 6.07) is 19.3. The third-order valence-electron chi connectivity index (χ3n) is 6.92. The minimum Gasteiger partial charge on any atom is -0.428 e. The van der Waals surface area contributed by atoms with Crippen molar-refractivity contribution in [1.29, 1.82) is 0 Å². The zero-order valence-corrected chi connectivity index (χ0v) is 25.6. The molecule has 3 aromatic carbocycles. The molecule has 0 unspecified atom stereocenters. The molecule has 10 heteroatoms. The first-order valence-electron chi connectivity index (χ1n) is 14.1. The minimum absolute atomic E-state index is 0.0765. The number of rotatable bonds is 15. The monoisotopic (exact) mass is 623 g/mol. The van der Waals surface area contributed by atoms with Crippen molar-refractivity contribution in [3.63, 3.8) is 0 Å². The van der Waals surface area contributed by atoms with Crippen molar-refractivity contribution in [1.82, 2.24) is 4.72 Å². The first kappa shape index (κ1) is 34.4. The Labute approximate surface area is 252 Å². The molecule has 0 aliphatic heterocycles. The van der Waals surface area contributed by atoms with E-state index in [1.54, 1.807) is 33.8 Å². The van der Waals surface area contributed by atoms with Crippen LogP contribution in [0, 0.1) is 5.82 Å². The molecule has 0 amide bonds. The largest absolute Gasteiger partial charge is 0.461 e. The maximum absolute atomic E-state index is 15.1. The molecule has 3 aromatic rings. The number of nitrogens with one attached hydrogen (secondary N) is 1. The summed E-state index contributed by atoms with van der Waals surface area (Å²) in [5, 5.41) is 0. The number of unbranched alkanes of at least 4 members (excludes halogenated alkanes) is 2. The number of carbonyl (C=O) groups is 1. The Morgan fingerprint density at radius 1 is 0.884 bits per heavy atom. The average molecular weight is 624 g/mol. The average Bonchev–Trinajstić information content (AvgIpc) is 2.91. The summed E-state index contributed by atoms with van der Waals surface area (Å²) >= 11 is 0. The summed E-state index contributed by atoms with van der Waals surface area (Å²) in [4.78, 5) is 11.3. The van der Waals surface area contributed by atoms with E-state index in [0.29, 0.717) is 24.5 Å². The highest BCUT2D eigenvalue weighted by Gasteiger charge is 2.45. The van der Waals surface area contributed by atoms with Crippen LogP contribution in [-0.4, -0.2) is 27.3 Å². The fourth-order valence-corrected chi connectivity index (χ4v) is 5.61. The third-order valence-corrected chi connectivity index (χ3v) is 8.57. The quantitative estimate of drug-likeness (QED) is 0.137. The van der Waals surface area contributed by atoms with Gasteiger partial charge in [0, 0.05) is 12.5 Å². The highest BCUT2D eigenvalue weighted by Crippen LogP contribution is 2.39. The van der Waals surface area contributed by atoms with E-state index in [2.05, 4.69) is 9.46 Å². The molecular formula is C33H38F5NO3S. The summed E-state index contributed by atoms with van der Waals surface area (Å²) in [6.45, 7) is 6.82. The van der Waals surface area contributed by atoms with Crippen LogP contribution in [0.25, 0.3) is 0 Å². The molecule has 0 aromatic heterocycles. The van der Waals surface area contributed by atoms with E-state index >= 15 is 4.39 Å². The smallest absolute Gasteiger partial charge is 0.428 e. The third kappa shape index (κ3) is 9.69. The Hall–Kier alpha value is -3.11. The molecule has 0 saturated heterocycles. The SMILES string of the molecule is CC(=O)CCCCCc1cccc([C@@](Cc2ccccc2)(N[S@](=O)C(C)(C)C)c2cc(F)cc(OC(F)(F)C(F)F)c2)c1. The molecule has 0 spiro atoms. The van der Waals surface area contributed by atoms with Gasteiger partial charge in [0.15, 0.2) is 0 Å². The number of alkyl halides is 4. The van der Waals surface area contributed by atoms with Crippen molar-refractivity contribution in [3.05, 3.63) is 101 Å². The van der Waals surface area contributed by atoms with E-state index in [0.717, 1.165) is 42.5 Å². The molecule has 4 nitrogen and oxygen atoms in total. The van der Waals surface area contributed by atoms with Crippen LogP contribution in [0.4, 0.5) is 22.0 Å². The molecule has 0 aliphatic rings. The number of ketones is 1. The number of ether oxygens (including phenoxy) is 1. The van der Waals surface area contributed by atoms with Crippen LogP contribution < -0.4 is 9.46 Å². The summed E-state index contributed by atoms with van der Waals surface area (Å²) < 4.78 is 89.3. The fraction of sp³-hybridized carbons (Fsp3) is 0.424. The van der Waals surface area contributed by atoms with E-state index in [9.17, 15) is 26.6 Å². The molecule has 0 fully saturated rings. The molecule has 0 aliphatic carbocycles. The lowest BCUT2D eigenvalue weighted by atomic mass is 9.78. The molecule has 0 saturated carbocycles. The van der Waals surface area contributed by atoms with E-state index in [1.165, 1.54) is 0 Å². The molecule has 1 N–H and O–H groups in total. The lowest BCUT2D eigenvalue weighted by Crippen LogP contribution is -2.50. The van der Waals surface area contributed by atoms with Gasteiger partial charge in [-0.05, 0) is 87.8 Å². The Kier molecular flexibility index (Phi) is 11.7. The number of aryl methyl sites for hydroxylation is 1. The molecule has 234 valence electrons. The van der Waals surface area contributed by atoms with Crippen LogP contribution in [0.2, 0.25) is 0 Å². The van der Waals surface area contributed by atoms with Gasteiger partial charge in [0.2, 0.25) is 0 Å². The van der Waals surface area contributed by atoms with Crippen LogP contribution in [0.1, 0.15) is 75.6 Å². The van der Waals surface area contributed by atoms with Gasteiger partial charge in [-0.1, -0.05) is 61.0 Å². The molecular weight excluding hydrogens is 585 g/mol. The predicted octanol–water partition coefficient (Wildman–Crippen LogP) is 8.29. The van der Waals surface area contributed by atoms with Crippen molar-refractivity contribution >= 4 is 16.8 Å². The number of benzene rings is 3. The van der Waals surface area contributed by atoms with Crippen LogP contribution in [-0.2, 0) is 34.2 Å². The van der Waals surface area contributed by atoms with E-state index in [4.69, 9.17) is 0 Å². The van der Waals surface area contributed by atoms with Gasteiger partial charge in [-0.2, -0.15) is 17.6 Å². The van der Waals surface area contributed by atoms with Gasteiger partial charge < -0.3 is 9.53 Å². The van der Waals surface area contributed by atoms with E-state index in [1.807, 2.05) is 48.5 Å². The number of halogens is 5. The molecule has 2 atom stereocenters. The lowest BCUT2D eigenvalue weighted by Gasteiger charge is -2.38. The zero-order valence-electron chi connectivity index (χ0n) is 24.8. The van der Waals surface area contributed by atoms with Gasteiger partial charge in [-0.3, -0.25) is 0 Å². The second kappa shape index (κ2) is 14.6. The first-order chi connectivity index (χ1) is 20.1. The fourth-order valence-electron chi connectivity index (χ4n) is 4.68. The van der Waals surface area contributed by atoms with Crippen molar-refractivity contribution in [2.24, 2.45) is 0 Å². The normalized spacial score (nSPS) is 14.4. The zero-order chi connectivity index (χ0) is 31.8. The topological polar surface area (TPSA) is 55.4 Å². The Balaban J connectivity index is 2.20. The van der Waals surface area contributed by atoms with Crippen LogP contribution in [0.5, 0.6) is 5.75 Å². The molecule has 43 heavy (non-hydrogen) atoms. The highest BCUT2D eigenvalue weighted by atomic mass is 32.2. The number of carbonyl (C=O) groups excluding carboxylic acids is 1. The summed E-state index contributed by atoms with van der Waals surface area (Å²) in [6.07, 6.45) is -5.26. The van der Waals surface area contributed by atoms with Crippen molar-refractivity contribution in [2.45, 2.75) is 89.0 Å². The molecule has 0 bridgehead atoms. The Bertz CT molecular complexity index is 1390. The standard InChI is InChI=1S/C33H38F5NO3S/c1-23(40)12-7-5-8-13-24-16-11-17-26(18-24)32(39-43(41)31(2,3)4,22-25-14-9-6-10-15-25)27-19-28(34)21-29(20-27)42-33(37,38)30(35)36/h6,9-11,14-21,30,39H,5,7-8,12-13,22H2,1-4H3/t32-,43-/m1/s1. The molecule has 0 heterocycles. The van der Waals surface area contributed by atoms with E-state index in [-0.39, 0.29) is 17.8 Å². The summed E-state index contributed by atoms with van der Waals surface area (Å²) in [5.74, 6) is -1.64. The summed E-state index contributed by atoms with van der Waals surface area (Å²) in [7, 11) is -1.75. The van der Waals surface area contributed by atoms with Gasteiger partial charge in [0.25, 0.3) is 0 Å². The van der Waals surface area contributed by atoms with Gasteiger partial charge >= 0.3 is 12.5 Å². The maximum Gasteiger partial charge on any atom is 0.461 e. The van der Waals surface area contributed by atoms with E-state index < -0.39 is 45.4 Å². The Morgan fingerprint density at radius 2 is 1.56 bits per heavy atom. The molecule has 3 rings (SSSR count). The van der Waals surface area contributed by atoms with Gasteiger partial charge in [-0.15, -0.1) is 0 Å². The number of Topliss-reactive ketones (excluding diaryl/α,β-unsaturated/α-hetero) is 1. The predicted molar refractivity (Wildman–Crippen MR) is 159 cm³/mol. The lowest BCUT2D eigenvalue weighted by molar-refractivity contribution is -0.253.